The zero-order valence-electron chi connectivity index (χ0n) is 12.9. The molecule has 1 N–H and O–H groups in total. The molecule has 0 radical (unpaired) electrons. The lowest BCUT2D eigenvalue weighted by Crippen LogP contribution is -2.29. The van der Waals surface area contributed by atoms with Crippen LogP contribution in [-0.4, -0.2) is 43.9 Å². The zero-order chi connectivity index (χ0) is 15.5. The monoisotopic (exact) mass is 328 g/mol. The molecule has 4 nitrogen and oxygen atoms in total. The minimum Gasteiger partial charge on any atom is -0.380 e. The van der Waals surface area contributed by atoms with Crippen LogP contribution in [0.2, 0.25) is 0 Å². The highest BCUT2D eigenvalue weighted by atomic mass is 32.2. The first-order chi connectivity index (χ1) is 9.96. The van der Waals surface area contributed by atoms with Gasteiger partial charge in [0, 0.05) is 25.4 Å². The van der Waals surface area contributed by atoms with Gasteiger partial charge >= 0.3 is 0 Å². The fraction of sp³-hybridized carbons (Fsp3) is 0.600. The van der Waals surface area contributed by atoms with Crippen molar-refractivity contribution in [2.45, 2.75) is 42.4 Å². The number of benzene rings is 1. The Morgan fingerprint density at radius 1 is 1.29 bits per heavy atom. The molecule has 1 fully saturated rings. The molecule has 2 rings (SSSR count). The molecule has 0 bridgehead atoms. The summed E-state index contributed by atoms with van der Waals surface area (Å²) < 4.78 is 26.1. The first-order valence-corrected chi connectivity index (χ1v) is 9.85. The fourth-order valence-corrected chi connectivity index (χ4v) is 4.96. The van der Waals surface area contributed by atoms with Gasteiger partial charge in [-0.3, -0.25) is 0 Å². The molecule has 1 aliphatic carbocycles. The van der Waals surface area contributed by atoms with Gasteiger partial charge in [-0.25, -0.2) is 12.7 Å². The molecule has 1 aromatic rings. The number of nitrogens with one attached hydrogen (secondary N) is 1. The molecule has 0 aliphatic heterocycles. The highest BCUT2D eigenvalue weighted by molar-refractivity contribution is 7.99. The molecule has 2 atom stereocenters. The second kappa shape index (κ2) is 7.03. The molecule has 118 valence electrons. The molecule has 1 aliphatic rings. The fourth-order valence-electron chi connectivity index (χ4n) is 2.71. The van der Waals surface area contributed by atoms with Crippen LogP contribution in [0.1, 0.15) is 26.2 Å². The van der Waals surface area contributed by atoms with E-state index in [-0.39, 0.29) is 0 Å². The number of thioether (sulfide) groups is 1. The second-order valence-corrected chi connectivity index (χ2v) is 9.10. The van der Waals surface area contributed by atoms with Gasteiger partial charge in [0.2, 0.25) is 10.0 Å². The van der Waals surface area contributed by atoms with Gasteiger partial charge in [0.25, 0.3) is 0 Å². The lowest BCUT2D eigenvalue weighted by molar-refractivity contribution is 0.521. The van der Waals surface area contributed by atoms with Gasteiger partial charge in [0.1, 0.15) is 4.90 Å². The SMILES string of the molecule is CCSC1CCCC1Nc1ccccc1S(=O)(=O)N(C)C. The van der Waals surface area contributed by atoms with Crippen molar-refractivity contribution in [3.05, 3.63) is 24.3 Å². The van der Waals surface area contributed by atoms with Crippen LogP contribution in [-0.2, 0) is 10.0 Å². The van der Waals surface area contributed by atoms with Crippen molar-refractivity contribution in [3.63, 3.8) is 0 Å². The summed E-state index contributed by atoms with van der Waals surface area (Å²) in [5.74, 6) is 1.10. The van der Waals surface area contributed by atoms with Gasteiger partial charge in [-0.15, -0.1) is 0 Å². The summed E-state index contributed by atoms with van der Waals surface area (Å²) in [5.41, 5.74) is 0.722. The van der Waals surface area contributed by atoms with Gasteiger partial charge in [0.05, 0.1) is 5.69 Å². The molecule has 0 aromatic heterocycles. The van der Waals surface area contributed by atoms with E-state index in [1.165, 1.54) is 17.1 Å². The minimum absolute atomic E-state index is 0.355. The predicted octanol–water partition coefficient (Wildman–Crippen LogP) is 3.02. The number of hydrogen-bond acceptors (Lipinski definition) is 4. The van der Waals surface area contributed by atoms with Crippen LogP contribution in [0.3, 0.4) is 0 Å². The summed E-state index contributed by atoms with van der Waals surface area (Å²) in [6.45, 7) is 2.17. The Morgan fingerprint density at radius 3 is 2.67 bits per heavy atom. The van der Waals surface area contributed by atoms with Crippen molar-refractivity contribution in [1.82, 2.24) is 4.31 Å². The van der Waals surface area contributed by atoms with E-state index in [0.717, 1.165) is 17.9 Å². The standard InChI is InChI=1S/C15H24N2O2S2/c1-4-20-14-10-7-9-12(14)16-13-8-5-6-11-15(13)21(18,19)17(2)3/h5-6,8,11-12,14,16H,4,7,9-10H2,1-3H3. The smallest absolute Gasteiger partial charge is 0.244 e. The average molecular weight is 329 g/mol. The summed E-state index contributed by atoms with van der Waals surface area (Å²) in [4.78, 5) is 0.363. The molecule has 1 saturated carbocycles. The van der Waals surface area contributed by atoms with E-state index in [2.05, 4.69) is 12.2 Å². The Labute approximate surface area is 132 Å². The molecule has 21 heavy (non-hydrogen) atoms. The number of para-hydroxylation sites is 1. The average Bonchev–Trinajstić information content (AvgIpc) is 2.87. The molecule has 0 saturated heterocycles. The second-order valence-electron chi connectivity index (χ2n) is 5.46. The third-order valence-electron chi connectivity index (χ3n) is 3.82. The van der Waals surface area contributed by atoms with E-state index in [0.29, 0.717) is 16.2 Å². The first kappa shape index (κ1) is 16.6. The third-order valence-corrected chi connectivity index (χ3v) is 7.02. The summed E-state index contributed by atoms with van der Waals surface area (Å²) in [6, 6.07) is 7.55. The van der Waals surface area contributed by atoms with Gasteiger partial charge in [0.15, 0.2) is 0 Å². The van der Waals surface area contributed by atoms with Crippen LogP contribution in [0.4, 0.5) is 5.69 Å². The van der Waals surface area contributed by atoms with Crippen molar-refractivity contribution >= 4 is 27.5 Å². The Hall–Kier alpha value is -0.720. The maximum Gasteiger partial charge on any atom is 0.244 e. The topological polar surface area (TPSA) is 49.4 Å². The van der Waals surface area contributed by atoms with Gasteiger partial charge in [-0.2, -0.15) is 11.8 Å². The van der Waals surface area contributed by atoms with E-state index in [4.69, 9.17) is 0 Å². The number of nitrogens with zero attached hydrogens (tertiary/aromatic N) is 1. The Bertz CT molecular complexity index is 573. The summed E-state index contributed by atoms with van der Waals surface area (Å²) in [7, 11) is -0.281. The molecule has 0 spiro atoms. The molecule has 0 amide bonds. The maximum absolute atomic E-state index is 12.4. The lowest BCUT2D eigenvalue weighted by atomic mass is 10.2. The predicted molar refractivity (Wildman–Crippen MR) is 90.5 cm³/mol. The molecule has 0 heterocycles. The van der Waals surface area contributed by atoms with Gasteiger partial charge < -0.3 is 5.32 Å². The van der Waals surface area contributed by atoms with E-state index in [1.807, 2.05) is 23.9 Å². The van der Waals surface area contributed by atoms with Crippen molar-refractivity contribution in [1.29, 1.82) is 0 Å². The largest absolute Gasteiger partial charge is 0.380 e. The van der Waals surface area contributed by atoms with E-state index in [9.17, 15) is 8.42 Å². The molecular formula is C15H24N2O2S2. The Balaban J connectivity index is 2.25. The first-order valence-electron chi connectivity index (χ1n) is 7.36. The maximum atomic E-state index is 12.4. The normalized spacial score (nSPS) is 22.7. The van der Waals surface area contributed by atoms with Crippen LogP contribution in [0.15, 0.2) is 29.2 Å². The summed E-state index contributed by atoms with van der Waals surface area (Å²) >= 11 is 1.96. The summed E-state index contributed by atoms with van der Waals surface area (Å²) in [5, 5.41) is 4.05. The number of hydrogen-bond donors (Lipinski definition) is 1. The number of anilines is 1. The van der Waals surface area contributed by atoms with E-state index >= 15 is 0 Å². The quantitative estimate of drug-likeness (QED) is 0.872. The Kier molecular flexibility index (Phi) is 5.57. The highest BCUT2D eigenvalue weighted by Crippen LogP contribution is 2.33. The van der Waals surface area contributed by atoms with Crippen LogP contribution in [0, 0.1) is 0 Å². The molecular weight excluding hydrogens is 304 g/mol. The van der Waals surface area contributed by atoms with Crippen molar-refractivity contribution in [2.75, 3.05) is 25.2 Å². The van der Waals surface area contributed by atoms with Crippen LogP contribution < -0.4 is 5.32 Å². The zero-order valence-corrected chi connectivity index (χ0v) is 14.5. The molecule has 6 heteroatoms. The molecule has 1 aromatic carbocycles. The van der Waals surface area contributed by atoms with Crippen molar-refractivity contribution in [2.24, 2.45) is 0 Å². The number of sulfonamides is 1. The minimum atomic E-state index is -3.41. The van der Waals surface area contributed by atoms with Crippen molar-refractivity contribution in [3.8, 4) is 0 Å². The van der Waals surface area contributed by atoms with E-state index < -0.39 is 10.0 Å². The van der Waals surface area contributed by atoms with Crippen LogP contribution in [0.5, 0.6) is 0 Å². The number of rotatable bonds is 6. The molecule has 2 unspecified atom stereocenters. The van der Waals surface area contributed by atoms with Crippen molar-refractivity contribution < 1.29 is 8.42 Å². The van der Waals surface area contributed by atoms with Crippen LogP contribution in [0.25, 0.3) is 0 Å². The Morgan fingerprint density at radius 2 is 2.00 bits per heavy atom. The van der Waals surface area contributed by atoms with E-state index in [1.54, 1.807) is 26.2 Å². The third kappa shape index (κ3) is 3.73. The van der Waals surface area contributed by atoms with Gasteiger partial charge in [-0.1, -0.05) is 25.5 Å². The highest BCUT2D eigenvalue weighted by Gasteiger charge is 2.29. The summed E-state index contributed by atoms with van der Waals surface area (Å²) in [6.07, 6.45) is 3.52. The van der Waals surface area contributed by atoms with Gasteiger partial charge in [-0.05, 0) is 30.7 Å². The lowest BCUT2D eigenvalue weighted by Gasteiger charge is -2.23. The van der Waals surface area contributed by atoms with Crippen LogP contribution >= 0.6 is 11.8 Å².